The Balaban J connectivity index is 0.000000112. The number of hydrogen-bond acceptors (Lipinski definition) is 8. The number of rotatable bonds is 4. The number of aromatic nitrogens is 14. The molecule has 0 fully saturated rings. The molecule has 0 saturated carbocycles. The maximum absolute atomic E-state index is 4.40. The van der Waals surface area contributed by atoms with Crippen molar-refractivity contribution in [2.75, 3.05) is 0 Å². The van der Waals surface area contributed by atoms with Gasteiger partial charge in [-0.3, -0.25) is 0 Å². The molecule has 0 spiro atoms. The van der Waals surface area contributed by atoms with Crippen molar-refractivity contribution in [1.82, 2.24) is 62.0 Å². The molecule has 0 saturated heterocycles. The molecule has 0 aromatic carbocycles. The Kier molecular flexibility index (Phi) is 12.4. The monoisotopic (exact) mass is 934 g/mol. The summed E-state index contributed by atoms with van der Waals surface area (Å²) in [5, 5.41) is 7.77. The van der Waals surface area contributed by atoms with Gasteiger partial charge < -0.3 is 0 Å². The van der Waals surface area contributed by atoms with Gasteiger partial charge in [-0.15, -0.1) is 0 Å². The first-order valence-corrected chi connectivity index (χ1v) is 21.8. The van der Waals surface area contributed by atoms with Crippen LogP contribution in [0.1, 0.15) is 0 Å². The zero-order valence-corrected chi connectivity index (χ0v) is 41.0. The predicted octanol–water partition coefficient (Wildman–Crippen LogP) is 2.94. The third-order valence-corrected chi connectivity index (χ3v) is 12.2. The van der Waals surface area contributed by atoms with Crippen LogP contribution in [0.3, 0.4) is 0 Å². The molecular weight excluding hydrogens is 907 g/mol. The van der Waals surface area contributed by atoms with E-state index >= 15 is 0 Å². The first-order chi connectivity index (χ1) is 26.5. The third kappa shape index (κ3) is 8.71. The third-order valence-electron chi connectivity index (χ3n) is 7.97. The van der Waals surface area contributed by atoms with E-state index in [1.165, 1.54) is 5.69 Å². The van der Waals surface area contributed by atoms with Gasteiger partial charge in [0.1, 0.15) is 0 Å². The summed E-state index contributed by atoms with van der Waals surface area (Å²) in [4.78, 5) is 25.9. The predicted molar refractivity (Wildman–Crippen MR) is 214 cm³/mol. The standard InChI is InChI=1S/2C10H7N4.C9H7N2.C7H5N4.4Ga.4H/c2*1-2-6-14-8(3-1)7-13-10(14)9-11-4-5-12-9;1-2-6-10-8(4-1)9-5-3-7-11-9;1-2-4-8-6(3-1)7-9-5-10-11-7;;;;;;;;/h2*1-7H;1-7H;1-5H;;;;;;;;/q4*-1;4*+1;;;;. The Hall–Kier alpha value is -4.93. The maximum atomic E-state index is 4.40. The summed E-state index contributed by atoms with van der Waals surface area (Å²) in [6.07, 6.45) is 22.7. The second-order valence-corrected chi connectivity index (χ2v) is 17.2. The molecule has 0 atom stereocenters. The molecule has 14 nitrogen and oxygen atoms in total. The van der Waals surface area contributed by atoms with E-state index in [1.54, 1.807) is 12.5 Å². The molecule has 0 amide bonds. The summed E-state index contributed by atoms with van der Waals surface area (Å²) in [6.45, 7) is 0. The van der Waals surface area contributed by atoms with Gasteiger partial charge in [-0.25, -0.2) is 0 Å². The van der Waals surface area contributed by atoms with Crippen LogP contribution >= 0.6 is 0 Å². The number of imidazole rings is 4. The molecular formula is C36H30Ga4N14. The Morgan fingerprint density at radius 3 is 1.39 bits per heavy atom. The molecule has 54 heavy (non-hydrogen) atoms. The molecule has 0 aliphatic heterocycles. The number of fused-ring (bicyclic) bond motifs is 2. The van der Waals surface area contributed by atoms with Crippen LogP contribution in [0.4, 0.5) is 0 Å². The molecule has 0 unspecified atom stereocenters. The minimum atomic E-state index is 0.843. The minimum absolute atomic E-state index is 0.843. The Labute approximate surface area is 351 Å². The first-order valence-electron chi connectivity index (χ1n) is 16.5. The Morgan fingerprint density at radius 1 is 0.389 bits per heavy atom. The van der Waals surface area contributed by atoms with Gasteiger partial charge in [0.05, 0.1) is 0 Å². The van der Waals surface area contributed by atoms with Gasteiger partial charge in [-0.2, -0.15) is 0 Å². The van der Waals surface area contributed by atoms with E-state index < -0.39 is 0 Å². The van der Waals surface area contributed by atoms with Gasteiger partial charge >= 0.3 is 354 Å². The van der Waals surface area contributed by atoms with E-state index in [0.29, 0.717) is 0 Å². The molecule has 10 aromatic rings. The topological polar surface area (TPSA) is 132 Å². The average Bonchev–Trinajstić information content (AvgIpc) is 4.08. The molecule has 10 rings (SSSR count). The molecule has 10 heterocycles. The summed E-state index contributed by atoms with van der Waals surface area (Å²) in [7, 11) is 0. The zero-order valence-electron chi connectivity index (χ0n) is 29.1. The fourth-order valence-electron chi connectivity index (χ4n) is 5.36. The van der Waals surface area contributed by atoms with Crippen molar-refractivity contribution in [3.05, 3.63) is 159 Å². The second-order valence-electron chi connectivity index (χ2n) is 11.5. The van der Waals surface area contributed by atoms with Crippen LogP contribution in [0.15, 0.2) is 159 Å². The van der Waals surface area contributed by atoms with Crippen LogP contribution in [-0.2, 0) is 0 Å². The van der Waals surface area contributed by atoms with Crippen molar-refractivity contribution >= 4 is 86.4 Å². The SMILES string of the molecule is [GaH][n]1cccc1-c1ccccn1.[GaH][n]1ccnc1-c1ncc2ccccn12.[GaH][n]1ccnc1-c1ncc2ccccn12.[GaH][n]1cnnc1-c1ccccn1. The molecule has 18 heteroatoms. The van der Waals surface area contributed by atoms with Gasteiger partial charge in [-0.1, -0.05) is 0 Å². The van der Waals surface area contributed by atoms with Gasteiger partial charge in [-0.05, 0) is 0 Å². The summed E-state index contributed by atoms with van der Waals surface area (Å²) in [5.41, 5.74) is 5.32. The van der Waals surface area contributed by atoms with Crippen LogP contribution in [0.25, 0.3) is 57.2 Å². The van der Waals surface area contributed by atoms with Crippen LogP contribution in [0, 0.1) is 0 Å². The van der Waals surface area contributed by atoms with Crippen molar-refractivity contribution in [1.29, 1.82) is 0 Å². The van der Waals surface area contributed by atoms with Gasteiger partial charge in [0.2, 0.25) is 0 Å². The fourth-order valence-corrected chi connectivity index (χ4v) is 8.13. The Bertz CT molecular complexity index is 2510. The van der Waals surface area contributed by atoms with Crippen LogP contribution in [0.2, 0.25) is 0 Å². The number of pyridine rings is 4. The van der Waals surface area contributed by atoms with Crippen molar-refractivity contribution in [2.45, 2.75) is 0 Å². The van der Waals surface area contributed by atoms with Crippen LogP contribution in [-0.4, -0.2) is 137 Å². The van der Waals surface area contributed by atoms with Crippen LogP contribution < -0.4 is 0 Å². The van der Waals surface area contributed by atoms with Crippen LogP contribution in [0.5, 0.6) is 0 Å². The molecule has 256 valence electrons. The van der Waals surface area contributed by atoms with E-state index in [-0.39, 0.29) is 0 Å². The Morgan fingerprint density at radius 2 is 0.944 bits per heavy atom. The van der Waals surface area contributed by atoms with Crippen molar-refractivity contribution in [2.24, 2.45) is 0 Å². The van der Waals surface area contributed by atoms with E-state index in [9.17, 15) is 0 Å². The molecule has 4 radical (unpaired) electrons. The normalized spacial score (nSPS) is 10.5. The van der Waals surface area contributed by atoms with E-state index in [0.717, 1.165) is 127 Å². The molecule has 10 aromatic heterocycles. The summed E-state index contributed by atoms with van der Waals surface area (Å²) in [6, 6.07) is 27.9. The van der Waals surface area contributed by atoms with E-state index in [2.05, 4.69) is 71.0 Å². The van der Waals surface area contributed by atoms with Crippen molar-refractivity contribution in [3.8, 4) is 46.2 Å². The molecule has 0 bridgehead atoms. The zero-order chi connectivity index (χ0) is 37.3. The second kappa shape index (κ2) is 17.9. The van der Waals surface area contributed by atoms with Gasteiger partial charge in [0.15, 0.2) is 0 Å². The summed E-state index contributed by atoms with van der Waals surface area (Å²) >= 11 is 4.14. The van der Waals surface area contributed by atoms with Gasteiger partial charge in [0, 0.05) is 0 Å². The average molecular weight is 938 g/mol. The summed E-state index contributed by atoms with van der Waals surface area (Å²) in [5.74, 6) is 4.52. The number of nitrogens with zero attached hydrogens (tertiary/aromatic N) is 14. The van der Waals surface area contributed by atoms with E-state index in [1.807, 2.05) is 138 Å². The van der Waals surface area contributed by atoms with E-state index in [4.69, 9.17) is 0 Å². The van der Waals surface area contributed by atoms with Crippen molar-refractivity contribution < 1.29 is 0 Å². The molecule has 0 aliphatic rings. The van der Waals surface area contributed by atoms with Crippen molar-refractivity contribution in [3.63, 3.8) is 0 Å². The molecule has 0 aliphatic carbocycles. The number of hydrogen-bond donors (Lipinski definition) is 0. The fraction of sp³-hybridized carbons (Fsp3) is 0. The first kappa shape index (κ1) is 37.4. The quantitative estimate of drug-likeness (QED) is 0.247. The van der Waals surface area contributed by atoms with Gasteiger partial charge in [0.25, 0.3) is 0 Å². The summed E-state index contributed by atoms with van der Waals surface area (Å²) < 4.78 is 12.4. The molecule has 0 N–H and O–H groups in total.